The standard InChI is InChI=1S/C19H14ClN3O2S2/c1-11-5-16(17(25-2)7-15(11)20)23-18(24)13(8-21)6-14-10-27-19(22-14)12-3-4-26-9-12/h3-7,9-10H,1-2H3,(H,23,24)/b13-6-. The van der Waals surface area contributed by atoms with Crippen molar-refractivity contribution in [1.82, 2.24) is 4.98 Å². The highest BCUT2D eigenvalue weighted by Gasteiger charge is 2.15. The van der Waals surface area contributed by atoms with Crippen molar-refractivity contribution in [2.24, 2.45) is 0 Å². The lowest BCUT2D eigenvalue weighted by Gasteiger charge is -2.11. The molecule has 1 N–H and O–H groups in total. The minimum Gasteiger partial charge on any atom is -0.495 e. The van der Waals surface area contributed by atoms with Gasteiger partial charge in [-0.15, -0.1) is 11.3 Å². The molecule has 0 aliphatic carbocycles. The van der Waals surface area contributed by atoms with Crippen molar-refractivity contribution >= 4 is 51.9 Å². The van der Waals surface area contributed by atoms with Crippen LogP contribution in [0.3, 0.4) is 0 Å². The van der Waals surface area contributed by atoms with Crippen molar-refractivity contribution in [3.8, 4) is 22.4 Å². The van der Waals surface area contributed by atoms with E-state index in [-0.39, 0.29) is 5.57 Å². The molecule has 0 unspecified atom stereocenters. The predicted molar refractivity (Wildman–Crippen MR) is 110 cm³/mol. The van der Waals surface area contributed by atoms with Crippen LogP contribution in [0.15, 0.2) is 39.9 Å². The van der Waals surface area contributed by atoms with Gasteiger partial charge in [0, 0.05) is 27.4 Å². The van der Waals surface area contributed by atoms with E-state index in [1.165, 1.54) is 24.5 Å². The van der Waals surface area contributed by atoms with Crippen LogP contribution in [0.5, 0.6) is 5.75 Å². The number of rotatable bonds is 5. The molecular weight excluding hydrogens is 402 g/mol. The molecule has 136 valence electrons. The second kappa shape index (κ2) is 8.35. The maximum Gasteiger partial charge on any atom is 0.266 e. The maximum atomic E-state index is 12.5. The number of nitrogens with zero attached hydrogens (tertiary/aromatic N) is 2. The molecule has 0 fully saturated rings. The van der Waals surface area contributed by atoms with Gasteiger partial charge in [-0.3, -0.25) is 4.79 Å². The van der Waals surface area contributed by atoms with E-state index < -0.39 is 5.91 Å². The average Bonchev–Trinajstić information content (AvgIpc) is 3.33. The molecule has 2 aromatic heterocycles. The number of ether oxygens (including phenoxy) is 1. The third kappa shape index (κ3) is 4.37. The maximum absolute atomic E-state index is 12.5. The number of thiophene rings is 1. The molecule has 0 bridgehead atoms. The number of aromatic nitrogens is 1. The highest BCUT2D eigenvalue weighted by atomic mass is 35.5. The molecule has 0 atom stereocenters. The smallest absolute Gasteiger partial charge is 0.266 e. The van der Waals surface area contributed by atoms with Gasteiger partial charge in [0.25, 0.3) is 5.91 Å². The number of methoxy groups -OCH3 is 1. The molecule has 1 amide bonds. The van der Waals surface area contributed by atoms with Crippen LogP contribution < -0.4 is 10.1 Å². The van der Waals surface area contributed by atoms with Crippen LogP contribution in [0.4, 0.5) is 5.69 Å². The van der Waals surface area contributed by atoms with Crippen LogP contribution in [0, 0.1) is 18.3 Å². The summed E-state index contributed by atoms with van der Waals surface area (Å²) in [6.45, 7) is 1.82. The van der Waals surface area contributed by atoms with Crippen molar-refractivity contribution in [2.45, 2.75) is 6.92 Å². The molecule has 3 aromatic rings. The van der Waals surface area contributed by atoms with Gasteiger partial charge < -0.3 is 10.1 Å². The molecule has 2 heterocycles. The molecule has 0 aliphatic heterocycles. The van der Waals surface area contributed by atoms with E-state index in [2.05, 4.69) is 10.3 Å². The Morgan fingerprint density at radius 2 is 2.22 bits per heavy atom. The quantitative estimate of drug-likeness (QED) is 0.448. The van der Waals surface area contributed by atoms with Crippen molar-refractivity contribution in [3.05, 3.63) is 56.2 Å². The van der Waals surface area contributed by atoms with Crippen molar-refractivity contribution < 1.29 is 9.53 Å². The van der Waals surface area contributed by atoms with E-state index in [1.54, 1.807) is 23.5 Å². The number of hydrogen-bond donors (Lipinski definition) is 1. The number of benzene rings is 1. The lowest BCUT2D eigenvalue weighted by Crippen LogP contribution is -2.14. The first kappa shape index (κ1) is 19.1. The minimum absolute atomic E-state index is 0.0492. The summed E-state index contributed by atoms with van der Waals surface area (Å²) in [5.41, 5.74) is 2.77. The van der Waals surface area contributed by atoms with Gasteiger partial charge in [0.05, 0.1) is 18.5 Å². The Hall–Kier alpha value is -2.66. The summed E-state index contributed by atoms with van der Waals surface area (Å²) in [7, 11) is 1.49. The number of nitriles is 1. The number of halogens is 1. The zero-order valence-corrected chi connectivity index (χ0v) is 16.8. The van der Waals surface area contributed by atoms with E-state index in [9.17, 15) is 10.1 Å². The second-order valence-corrected chi connectivity index (χ2v) is 7.56. The van der Waals surface area contributed by atoms with Gasteiger partial charge in [-0.25, -0.2) is 4.98 Å². The molecule has 0 aliphatic rings. The van der Waals surface area contributed by atoms with Gasteiger partial charge in [-0.2, -0.15) is 16.6 Å². The fourth-order valence-corrected chi connectivity index (χ4v) is 3.93. The second-order valence-electron chi connectivity index (χ2n) is 5.52. The molecular formula is C19H14ClN3O2S2. The monoisotopic (exact) mass is 415 g/mol. The van der Waals surface area contributed by atoms with Gasteiger partial charge in [-0.05, 0) is 36.1 Å². The van der Waals surface area contributed by atoms with Crippen LogP contribution in [-0.2, 0) is 4.79 Å². The summed E-state index contributed by atoms with van der Waals surface area (Å²) in [6.07, 6.45) is 1.47. The molecule has 3 rings (SSSR count). The Morgan fingerprint density at radius 3 is 2.89 bits per heavy atom. The zero-order valence-electron chi connectivity index (χ0n) is 14.4. The molecule has 0 radical (unpaired) electrons. The number of carbonyl (C=O) groups excluding carboxylic acids is 1. The number of thiazole rings is 1. The van der Waals surface area contributed by atoms with Crippen LogP contribution in [0.2, 0.25) is 5.02 Å². The molecule has 0 saturated heterocycles. The third-order valence-electron chi connectivity index (χ3n) is 3.68. The summed E-state index contributed by atoms with van der Waals surface area (Å²) < 4.78 is 5.25. The molecule has 5 nitrogen and oxygen atoms in total. The number of hydrogen-bond acceptors (Lipinski definition) is 6. The molecule has 0 spiro atoms. The lowest BCUT2D eigenvalue weighted by molar-refractivity contribution is -0.112. The summed E-state index contributed by atoms with van der Waals surface area (Å²) in [5.74, 6) is -0.118. The van der Waals surface area contributed by atoms with Crippen molar-refractivity contribution in [2.75, 3.05) is 12.4 Å². The summed E-state index contributed by atoms with van der Waals surface area (Å²) in [5, 5.41) is 19.3. The van der Waals surface area contributed by atoms with Gasteiger partial charge in [0.15, 0.2) is 0 Å². The first-order valence-electron chi connectivity index (χ1n) is 7.77. The summed E-state index contributed by atoms with van der Waals surface area (Å²) in [6, 6.07) is 7.22. The first-order valence-corrected chi connectivity index (χ1v) is 9.97. The van der Waals surface area contributed by atoms with Crippen LogP contribution in [-0.4, -0.2) is 18.0 Å². The van der Waals surface area contributed by atoms with E-state index in [0.29, 0.717) is 22.2 Å². The highest BCUT2D eigenvalue weighted by Crippen LogP contribution is 2.31. The Morgan fingerprint density at radius 1 is 1.41 bits per heavy atom. The Bertz CT molecular complexity index is 1050. The van der Waals surface area contributed by atoms with Gasteiger partial charge in [-0.1, -0.05) is 11.6 Å². The molecule has 8 heteroatoms. The van der Waals surface area contributed by atoms with Gasteiger partial charge in [0.1, 0.15) is 22.4 Å². The average molecular weight is 416 g/mol. The SMILES string of the molecule is COc1cc(Cl)c(C)cc1NC(=O)/C(C#N)=C\c1csc(-c2ccsc2)n1. The normalized spacial score (nSPS) is 11.1. The number of aryl methyl sites for hydroxylation is 1. The van der Waals surface area contributed by atoms with Crippen LogP contribution >= 0.6 is 34.3 Å². The molecule has 0 saturated carbocycles. The van der Waals surface area contributed by atoms with Gasteiger partial charge >= 0.3 is 0 Å². The molecule has 27 heavy (non-hydrogen) atoms. The highest BCUT2D eigenvalue weighted by molar-refractivity contribution is 7.14. The number of amides is 1. The fourth-order valence-electron chi connectivity index (χ4n) is 2.29. The van der Waals surface area contributed by atoms with Crippen LogP contribution in [0.1, 0.15) is 11.3 Å². The fraction of sp³-hybridized carbons (Fsp3) is 0.105. The van der Waals surface area contributed by atoms with E-state index in [4.69, 9.17) is 16.3 Å². The molecule has 1 aromatic carbocycles. The first-order chi connectivity index (χ1) is 13.0. The number of anilines is 1. The Kier molecular flexibility index (Phi) is 5.91. The van der Waals surface area contributed by atoms with Crippen LogP contribution in [0.25, 0.3) is 16.6 Å². The Labute approximate surface area is 169 Å². The minimum atomic E-state index is -0.539. The summed E-state index contributed by atoms with van der Waals surface area (Å²) >= 11 is 9.13. The predicted octanol–water partition coefficient (Wildman–Crippen LogP) is 5.39. The van der Waals surface area contributed by atoms with E-state index in [0.717, 1.165) is 16.1 Å². The van der Waals surface area contributed by atoms with E-state index >= 15 is 0 Å². The lowest BCUT2D eigenvalue weighted by atomic mass is 10.1. The summed E-state index contributed by atoms with van der Waals surface area (Å²) in [4.78, 5) is 17.0. The topological polar surface area (TPSA) is 75.0 Å². The van der Waals surface area contributed by atoms with Crippen molar-refractivity contribution in [3.63, 3.8) is 0 Å². The largest absolute Gasteiger partial charge is 0.495 e. The Balaban J connectivity index is 1.84. The zero-order chi connectivity index (χ0) is 19.4. The van der Waals surface area contributed by atoms with E-state index in [1.807, 2.05) is 35.2 Å². The van der Waals surface area contributed by atoms with Crippen molar-refractivity contribution in [1.29, 1.82) is 5.26 Å². The third-order valence-corrected chi connectivity index (χ3v) is 5.68. The van der Waals surface area contributed by atoms with Gasteiger partial charge in [0.2, 0.25) is 0 Å². The number of nitrogens with one attached hydrogen (secondary N) is 1. The number of carbonyl (C=O) groups is 1.